The first kappa shape index (κ1) is 64.8. The molecule has 0 atom stereocenters. The van der Waals surface area contributed by atoms with Crippen molar-refractivity contribution in [2.24, 2.45) is 10.2 Å². The number of benzene rings is 2. The Labute approximate surface area is 428 Å². The van der Waals surface area contributed by atoms with Crippen LogP contribution in [0, 0.1) is 0 Å². The van der Waals surface area contributed by atoms with Crippen molar-refractivity contribution in [2.45, 2.75) is 194 Å². The third-order valence-electron chi connectivity index (χ3n) is 12.9. The number of quaternary nitrogens is 2. The monoisotopic (exact) mass is 989 g/mol. The molecular weight excluding hydrogens is 892 g/mol. The summed E-state index contributed by atoms with van der Waals surface area (Å²) in [4.78, 5) is 24.5. The number of ether oxygens (including phenoxy) is 2. The maximum Gasteiger partial charge on any atom is 0.331 e. The molecule has 0 aliphatic heterocycles. The van der Waals surface area contributed by atoms with Crippen LogP contribution in [0.15, 0.2) is 58.7 Å². The third-order valence-corrected chi connectivity index (χ3v) is 12.9. The molecule has 0 spiro atoms. The predicted molar refractivity (Wildman–Crippen MR) is 280 cm³/mol. The number of hydrazone groups is 2. The van der Waals surface area contributed by atoms with Gasteiger partial charge >= 0.3 is 11.8 Å². The Morgan fingerprint density at radius 1 is 0.412 bits per heavy atom. The van der Waals surface area contributed by atoms with Crippen molar-refractivity contribution in [3.8, 4) is 11.5 Å². The number of carbonyl (C=O) groups is 2. The molecule has 12 heteroatoms. The van der Waals surface area contributed by atoms with Crippen LogP contribution >= 0.6 is 0 Å². The molecule has 0 aromatic heterocycles. The Balaban J connectivity index is 0.0000224. The smallest absolute Gasteiger partial charge is 0.331 e. The van der Waals surface area contributed by atoms with Gasteiger partial charge in [0.25, 0.3) is 0 Å². The Hall–Kier alpha value is -3.18. The summed E-state index contributed by atoms with van der Waals surface area (Å²) < 4.78 is 14.0. The molecule has 0 saturated carbocycles. The number of unbranched alkanes of at least 4 members (excludes halogenated alkanes) is 26. The topological polar surface area (TPSA) is 101 Å². The second-order valence-corrected chi connectivity index (χ2v) is 20.2. The van der Waals surface area contributed by atoms with Crippen molar-refractivity contribution in [1.29, 1.82) is 0 Å². The molecule has 2 aromatic rings. The van der Waals surface area contributed by atoms with Crippen LogP contribution in [0.5, 0.6) is 11.5 Å². The fourth-order valence-electron chi connectivity index (χ4n) is 8.25. The van der Waals surface area contributed by atoms with E-state index >= 15 is 0 Å². The van der Waals surface area contributed by atoms with Gasteiger partial charge in [-0.15, -0.1) is 0 Å². The zero-order chi connectivity index (χ0) is 47.8. The van der Waals surface area contributed by atoms with Crippen LogP contribution in [0.3, 0.4) is 0 Å². The van der Waals surface area contributed by atoms with Crippen LogP contribution < -0.4 is 45.1 Å². The summed E-state index contributed by atoms with van der Waals surface area (Å²) in [6.07, 6.45) is 41.7. The maximum absolute atomic E-state index is 12.3. The highest BCUT2D eigenvalue weighted by atomic mass is 35.5. The van der Waals surface area contributed by atoms with Gasteiger partial charge in [-0.25, -0.2) is 10.9 Å². The number of likely N-dealkylation sites (N-methyl/N-ethyl adjacent to an activating group) is 2. The Morgan fingerprint density at radius 2 is 0.662 bits per heavy atom. The average Bonchev–Trinajstić information content (AvgIpc) is 3.30. The van der Waals surface area contributed by atoms with Crippen LogP contribution in [0.1, 0.15) is 205 Å². The van der Waals surface area contributed by atoms with Crippen LogP contribution in [-0.4, -0.2) is 101 Å². The molecule has 0 aliphatic rings. The van der Waals surface area contributed by atoms with Crippen molar-refractivity contribution in [2.75, 3.05) is 67.6 Å². The van der Waals surface area contributed by atoms with E-state index < -0.39 is 11.8 Å². The molecule has 0 radical (unpaired) electrons. The second kappa shape index (κ2) is 42.7. The van der Waals surface area contributed by atoms with Crippen molar-refractivity contribution < 1.29 is 52.8 Å². The number of nitrogens with zero attached hydrogens (tertiary/aromatic N) is 4. The minimum absolute atomic E-state index is 0. The number of hydrogen-bond donors (Lipinski definition) is 2. The summed E-state index contributed by atoms with van der Waals surface area (Å²) in [5, 5.41) is 7.86. The molecule has 10 nitrogen and oxygen atoms in total. The van der Waals surface area contributed by atoms with Gasteiger partial charge in [0.1, 0.15) is 37.8 Å². The van der Waals surface area contributed by atoms with E-state index in [2.05, 4.69) is 63.1 Å². The van der Waals surface area contributed by atoms with Crippen molar-refractivity contribution in [3.63, 3.8) is 0 Å². The zero-order valence-electron chi connectivity index (χ0n) is 44.0. The van der Waals surface area contributed by atoms with Crippen LogP contribution in [0.2, 0.25) is 0 Å². The van der Waals surface area contributed by atoms with E-state index in [1.165, 1.54) is 192 Å². The molecule has 2 aromatic carbocycles. The van der Waals surface area contributed by atoms with E-state index in [-0.39, 0.29) is 24.8 Å². The number of rotatable bonds is 42. The Bertz CT molecular complexity index is 1440. The molecule has 2 N–H and O–H groups in total. The minimum Gasteiger partial charge on any atom is -1.00 e. The molecule has 0 fully saturated rings. The third kappa shape index (κ3) is 36.8. The summed E-state index contributed by atoms with van der Waals surface area (Å²) >= 11 is 0. The largest absolute Gasteiger partial charge is 1.00 e. The van der Waals surface area contributed by atoms with Crippen LogP contribution in [0.25, 0.3) is 0 Å². The highest BCUT2D eigenvalue weighted by Gasteiger charge is 2.16. The molecule has 0 saturated heterocycles. The first-order valence-electron chi connectivity index (χ1n) is 26.8. The molecular formula is C56H98Cl2N6O4. The van der Waals surface area contributed by atoms with E-state index in [1.54, 1.807) is 0 Å². The average molecular weight is 990 g/mol. The summed E-state index contributed by atoms with van der Waals surface area (Å²) in [7, 11) is 9.12. The summed E-state index contributed by atoms with van der Waals surface area (Å²) in [6.45, 7) is 10.1. The van der Waals surface area contributed by atoms with Crippen molar-refractivity contribution in [3.05, 3.63) is 59.7 Å². The zero-order valence-corrected chi connectivity index (χ0v) is 45.5. The lowest BCUT2D eigenvalue weighted by molar-refractivity contribution is -0.890. The van der Waals surface area contributed by atoms with E-state index in [0.717, 1.165) is 57.8 Å². The molecule has 0 heterocycles. The minimum atomic E-state index is -0.910. The normalized spacial score (nSPS) is 11.7. The molecule has 2 amide bonds. The van der Waals surface area contributed by atoms with E-state index in [0.29, 0.717) is 13.2 Å². The lowest BCUT2D eigenvalue weighted by Crippen LogP contribution is -3.00. The molecule has 2 rings (SSSR count). The number of amides is 2. The van der Waals surface area contributed by atoms with Gasteiger partial charge in [0.05, 0.1) is 53.7 Å². The van der Waals surface area contributed by atoms with Gasteiger partial charge in [-0.3, -0.25) is 9.59 Å². The van der Waals surface area contributed by atoms with Gasteiger partial charge in [-0.05, 0) is 85.3 Å². The van der Waals surface area contributed by atoms with Gasteiger partial charge in [0, 0.05) is 0 Å². The molecule has 0 bridgehead atoms. The lowest BCUT2D eigenvalue weighted by atomic mass is 10.0. The first-order valence-corrected chi connectivity index (χ1v) is 26.8. The van der Waals surface area contributed by atoms with Gasteiger partial charge in [-0.1, -0.05) is 168 Å². The first-order chi connectivity index (χ1) is 32.0. The fraction of sp³-hybridized carbons (Fsp3) is 0.714. The van der Waals surface area contributed by atoms with E-state index in [4.69, 9.17) is 9.47 Å². The standard InChI is InChI=1S/C56H96N6O4.2ClH/c1-7-9-11-13-15-17-19-21-23-25-27-29-31-33-43-61(3,4)45-47-65-53-39-35-51(36-40-53)49-57-59-55(63)56(64)60-58-50-52-37-41-54(42-38-52)66-48-46-62(5,6)44-34-32-30-28-26-24-22-20-18-16-14-12-10-8-2;;/h35-42,49-50H,7-34,43-48H2,1-6H3;2*1H. The van der Waals surface area contributed by atoms with Crippen molar-refractivity contribution in [1.82, 2.24) is 10.9 Å². The molecule has 0 aliphatic carbocycles. The number of halogens is 2. The fourth-order valence-corrected chi connectivity index (χ4v) is 8.25. The van der Waals surface area contributed by atoms with Gasteiger partial charge in [0.2, 0.25) is 0 Å². The van der Waals surface area contributed by atoms with Crippen LogP contribution in [0.4, 0.5) is 0 Å². The summed E-state index contributed by atoms with van der Waals surface area (Å²) in [5.41, 5.74) is 6.05. The quantitative estimate of drug-likeness (QED) is 0.0243. The van der Waals surface area contributed by atoms with Crippen LogP contribution in [-0.2, 0) is 9.59 Å². The molecule has 0 unspecified atom stereocenters. The maximum atomic E-state index is 12.3. The van der Waals surface area contributed by atoms with Gasteiger partial charge in [0.15, 0.2) is 0 Å². The van der Waals surface area contributed by atoms with Crippen molar-refractivity contribution >= 4 is 24.2 Å². The second-order valence-electron chi connectivity index (χ2n) is 20.2. The Kier molecular flexibility index (Phi) is 40.7. The lowest BCUT2D eigenvalue weighted by Gasteiger charge is -2.29. The number of hydrogen-bond acceptors (Lipinski definition) is 6. The summed E-state index contributed by atoms with van der Waals surface area (Å²) in [6, 6.07) is 15.0. The number of carbonyl (C=O) groups excluding carboxylic acids is 2. The highest BCUT2D eigenvalue weighted by Crippen LogP contribution is 2.17. The molecule has 68 heavy (non-hydrogen) atoms. The number of nitrogens with one attached hydrogen (secondary N) is 2. The van der Waals surface area contributed by atoms with E-state index in [1.807, 2.05) is 48.5 Å². The summed E-state index contributed by atoms with van der Waals surface area (Å²) in [5.74, 6) is -0.243. The van der Waals surface area contributed by atoms with E-state index in [9.17, 15) is 9.59 Å². The Morgan fingerprint density at radius 3 is 0.926 bits per heavy atom. The molecule has 390 valence electrons. The van der Waals surface area contributed by atoms with Gasteiger partial charge in [-0.2, -0.15) is 10.2 Å². The predicted octanol–water partition coefficient (Wildman–Crippen LogP) is 7.17. The van der Waals surface area contributed by atoms with Gasteiger partial charge < -0.3 is 43.3 Å². The SMILES string of the molecule is CCCCCCCCCCCCCCCC[N+](C)(C)CCOc1ccc(C=NNC(=O)C(=O)NN=Cc2ccc(OCC[N+](C)(C)CCCCCCCCCCCCCCCC)cc2)cc1.[Cl-].[Cl-]. The highest BCUT2D eigenvalue weighted by molar-refractivity contribution is 6.35.